The van der Waals surface area contributed by atoms with Crippen LogP contribution in [0.3, 0.4) is 0 Å². The van der Waals surface area contributed by atoms with Crippen LogP contribution in [0.25, 0.3) is 10.8 Å². The zero-order chi connectivity index (χ0) is 32.6. The summed E-state index contributed by atoms with van der Waals surface area (Å²) < 4.78 is 1.85. The Balaban J connectivity index is 1.36. The van der Waals surface area contributed by atoms with Gasteiger partial charge in [0.25, 0.3) is 11.6 Å². The van der Waals surface area contributed by atoms with Crippen molar-refractivity contribution in [1.82, 2.24) is 19.8 Å². The first-order chi connectivity index (χ1) is 22.2. The standard InChI is InChI=1S/C36H36ClN5O4/c1-3-25(2)34(39-35(43)19-30-20-38-24-41(30)21-26-15-17-29(18-16-26)42(45)46)23-40(36(44)32-13-6-7-14-33(32)37)22-28-11-8-10-27-9-4-5-12-31(27)28/h4-18,20,24-25,34H,3,19,21-23H2,1-2H3,(H,39,43)/t25-,34+/m0/s1. The highest BCUT2D eigenvalue weighted by molar-refractivity contribution is 6.33. The number of amides is 2. The summed E-state index contributed by atoms with van der Waals surface area (Å²) in [4.78, 5) is 44.2. The van der Waals surface area contributed by atoms with E-state index in [-0.39, 0.29) is 42.4 Å². The van der Waals surface area contributed by atoms with Crippen LogP contribution in [0.5, 0.6) is 0 Å². The Hall–Kier alpha value is -5.02. The van der Waals surface area contributed by atoms with Gasteiger partial charge in [0, 0.05) is 49.7 Å². The number of halogens is 1. The number of carbonyl (C=O) groups is 2. The molecule has 1 heterocycles. The molecule has 0 aliphatic heterocycles. The number of non-ortho nitro benzene ring substituents is 1. The average Bonchev–Trinajstić information content (AvgIpc) is 3.49. The maximum absolute atomic E-state index is 14.1. The molecular formula is C36H36ClN5O4. The van der Waals surface area contributed by atoms with E-state index in [1.165, 1.54) is 12.1 Å². The number of rotatable bonds is 13. The summed E-state index contributed by atoms with van der Waals surface area (Å²) in [6.45, 7) is 5.18. The Morgan fingerprint density at radius 2 is 1.72 bits per heavy atom. The highest BCUT2D eigenvalue weighted by Crippen LogP contribution is 2.24. The number of benzene rings is 4. The molecule has 4 aromatic carbocycles. The third kappa shape index (κ3) is 7.79. The monoisotopic (exact) mass is 637 g/mol. The van der Waals surface area contributed by atoms with Crippen molar-refractivity contribution in [2.75, 3.05) is 6.54 Å². The molecule has 0 radical (unpaired) electrons. The van der Waals surface area contributed by atoms with E-state index < -0.39 is 4.92 Å². The van der Waals surface area contributed by atoms with Crippen LogP contribution >= 0.6 is 11.6 Å². The second-order valence-electron chi connectivity index (χ2n) is 11.5. The molecule has 0 spiro atoms. The first-order valence-electron chi connectivity index (χ1n) is 15.3. The zero-order valence-corrected chi connectivity index (χ0v) is 26.6. The smallest absolute Gasteiger partial charge is 0.269 e. The lowest BCUT2D eigenvalue weighted by Gasteiger charge is -2.32. The van der Waals surface area contributed by atoms with E-state index in [2.05, 4.69) is 30.2 Å². The van der Waals surface area contributed by atoms with Crippen molar-refractivity contribution < 1.29 is 14.5 Å². The Labute approximate surface area is 273 Å². The molecule has 2 amide bonds. The molecule has 236 valence electrons. The number of nitrogens with one attached hydrogen (secondary N) is 1. The van der Waals surface area contributed by atoms with E-state index in [4.69, 9.17) is 11.6 Å². The van der Waals surface area contributed by atoms with Crippen LogP contribution in [0.2, 0.25) is 5.02 Å². The Morgan fingerprint density at radius 3 is 2.46 bits per heavy atom. The highest BCUT2D eigenvalue weighted by Gasteiger charge is 2.27. The van der Waals surface area contributed by atoms with Gasteiger partial charge in [-0.2, -0.15) is 0 Å². The predicted molar refractivity (Wildman–Crippen MR) is 180 cm³/mol. The maximum Gasteiger partial charge on any atom is 0.269 e. The average molecular weight is 638 g/mol. The lowest BCUT2D eigenvalue weighted by molar-refractivity contribution is -0.384. The van der Waals surface area contributed by atoms with Gasteiger partial charge in [-0.25, -0.2) is 4.98 Å². The molecule has 5 rings (SSSR count). The predicted octanol–water partition coefficient (Wildman–Crippen LogP) is 7.06. The van der Waals surface area contributed by atoms with Gasteiger partial charge in [-0.05, 0) is 39.9 Å². The number of aromatic nitrogens is 2. The lowest BCUT2D eigenvalue weighted by Crippen LogP contribution is -2.49. The topological polar surface area (TPSA) is 110 Å². The maximum atomic E-state index is 14.1. The van der Waals surface area contributed by atoms with Gasteiger partial charge in [0.2, 0.25) is 5.91 Å². The van der Waals surface area contributed by atoms with Crippen LogP contribution in [0.4, 0.5) is 5.69 Å². The van der Waals surface area contributed by atoms with Crippen molar-refractivity contribution in [3.8, 4) is 0 Å². The molecule has 5 aromatic rings. The summed E-state index contributed by atoms with van der Waals surface area (Å²) in [7, 11) is 0. The molecule has 0 aliphatic rings. The molecular weight excluding hydrogens is 602 g/mol. The number of hydrogen-bond donors (Lipinski definition) is 1. The van der Waals surface area contributed by atoms with Crippen molar-refractivity contribution in [3.63, 3.8) is 0 Å². The molecule has 0 saturated heterocycles. The van der Waals surface area contributed by atoms with Crippen molar-refractivity contribution in [2.24, 2.45) is 5.92 Å². The van der Waals surface area contributed by atoms with E-state index >= 15 is 0 Å². The van der Waals surface area contributed by atoms with Crippen molar-refractivity contribution in [1.29, 1.82) is 0 Å². The fraction of sp³-hybridized carbons (Fsp3) is 0.250. The number of carbonyl (C=O) groups excluding carboxylic acids is 2. The van der Waals surface area contributed by atoms with Gasteiger partial charge in [-0.1, -0.05) is 98.6 Å². The third-order valence-electron chi connectivity index (χ3n) is 8.37. The van der Waals surface area contributed by atoms with Gasteiger partial charge >= 0.3 is 0 Å². The quantitative estimate of drug-likeness (QED) is 0.110. The van der Waals surface area contributed by atoms with Crippen LogP contribution in [-0.4, -0.2) is 43.8 Å². The number of fused-ring (bicyclic) bond motifs is 1. The first kappa shape index (κ1) is 32.4. The van der Waals surface area contributed by atoms with E-state index in [9.17, 15) is 19.7 Å². The number of imidazole rings is 1. The molecule has 10 heteroatoms. The second kappa shape index (κ2) is 14.8. The van der Waals surface area contributed by atoms with Gasteiger partial charge in [-0.3, -0.25) is 19.7 Å². The minimum Gasteiger partial charge on any atom is -0.351 e. The fourth-order valence-electron chi connectivity index (χ4n) is 5.53. The summed E-state index contributed by atoms with van der Waals surface area (Å²) in [5.74, 6) is -0.323. The molecule has 0 unspecified atom stereocenters. The molecule has 46 heavy (non-hydrogen) atoms. The number of nitro groups is 1. The second-order valence-corrected chi connectivity index (χ2v) is 11.9. The van der Waals surface area contributed by atoms with Crippen molar-refractivity contribution in [3.05, 3.63) is 141 Å². The number of nitro benzene ring substituents is 1. The molecule has 1 N–H and O–H groups in total. The SMILES string of the molecule is CC[C@H](C)[C@@H](CN(Cc1cccc2ccccc12)C(=O)c1ccccc1Cl)NC(=O)Cc1cncn1Cc1ccc([N+](=O)[O-])cc1. The van der Waals surface area contributed by atoms with Gasteiger partial charge < -0.3 is 14.8 Å². The molecule has 2 atom stereocenters. The zero-order valence-electron chi connectivity index (χ0n) is 25.8. The van der Waals surface area contributed by atoms with E-state index in [0.29, 0.717) is 29.4 Å². The fourth-order valence-corrected chi connectivity index (χ4v) is 5.75. The van der Waals surface area contributed by atoms with Crippen LogP contribution in [0, 0.1) is 16.0 Å². The molecule has 9 nitrogen and oxygen atoms in total. The number of hydrogen-bond acceptors (Lipinski definition) is 5. The van der Waals surface area contributed by atoms with E-state index in [1.54, 1.807) is 53.8 Å². The van der Waals surface area contributed by atoms with Crippen molar-refractivity contribution >= 4 is 39.9 Å². The molecule has 0 aliphatic carbocycles. The minimum atomic E-state index is -0.435. The van der Waals surface area contributed by atoms with E-state index in [0.717, 1.165) is 28.3 Å². The first-order valence-corrected chi connectivity index (χ1v) is 15.6. The summed E-state index contributed by atoms with van der Waals surface area (Å²) in [5, 5.41) is 16.7. The molecule has 0 fully saturated rings. The molecule has 0 saturated carbocycles. The number of nitrogens with zero attached hydrogens (tertiary/aromatic N) is 4. The van der Waals surface area contributed by atoms with Gasteiger partial charge in [0.05, 0.1) is 28.3 Å². The van der Waals surface area contributed by atoms with Crippen LogP contribution in [-0.2, 0) is 24.3 Å². The lowest BCUT2D eigenvalue weighted by atomic mass is 9.97. The third-order valence-corrected chi connectivity index (χ3v) is 8.70. The van der Waals surface area contributed by atoms with Gasteiger partial charge in [-0.15, -0.1) is 0 Å². The largest absolute Gasteiger partial charge is 0.351 e. The summed E-state index contributed by atoms with van der Waals surface area (Å²) in [5.41, 5.74) is 2.99. The van der Waals surface area contributed by atoms with Gasteiger partial charge in [0.1, 0.15) is 0 Å². The van der Waals surface area contributed by atoms with Crippen molar-refractivity contribution in [2.45, 2.75) is 45.8 Å². The van der Waals surface area contributed by atoms with Crippen LogP contribution < -0.4 is 5.32 Å². The minimum absolute atomic E-state index is 0.0209. The Bertz CT molecular complexity index is 1830. The van der Waals surface area contributed by atoms with Crippen LogP contribution in [0.1, 0.15) is 47.4 Å². The summed E-state index contributed by atoms with van der Waals surface area (Å²) >= 11 is 6.49. The summed E-state index contributed by atoms with van der Waals surface area (Å²) in [6, 6.07) is 27.2. The normalized spacial score (nSPS) is 12.4. The highest BCUT2D eigenvalue weighted by atomic mass is 35.5. The van der Waals surface area contributed by atoms with Crippen LogP contribution in [0.15, 0.2) is 104 Å². The van der Waals surface area contributed by atoms with E-state index in [1.807, 2.05) is 41.0 Å². The van der Waals surface area contributed by atoms with Gasteiger partial charge in [0.15, 0.2) is 0 Å². The molecule has 1 aromatic heterocycles. The summed E-state index contributed by atoms with van der Waals surface area (Å²) in [6.07, 6.45) is 4.18. The Kier molecular flexibility index (Phi) is 10.4. The Morgan fingerprint density at radius 1 is 1.00 bits per heavy atom. The molecule has 0 bridgehead atoms.